The van der Waals surface area contributed by atoms with Crippen LogP contribution in [0.3, 0.4) is 0 Å². The van der Waals surface area contributed by atoms with E-state index in [1.54, 1.807) is 26.0 Å². The van der Waals surface area contributed by atoms with Crippen molar-refractivity contribution < 1.29 is 9.59 Å². The van der Waals surface area contributed by atoms with Crippen LogP contribution in [-0.4, -0.2) is 11.6 Å². The molecule has 2 rings (SSSR count). The van der Waals surface area contributed by atoms with E-state index in [4.69, 9.17) is 5.26 Å². The van der Waals surface area contributed by atoms with E-state index in [-0.39, 0.29) is 6.42 Å². The van der Waals surface area contributed by atoms with Crippen LogP contribution < -0.4 is 0 Å². The molecular formula is C19H17NO2. The highest BCUT2D eigenvalue weighted by Gasteiger charge is 2.26. The topological polar surface area (TPSA) is 57.9 Å². The van der Waals surface area contributed by atoms with E-state index in [9.17, 15) is 9.59 Å². The number of benzene rings is 2. The molecule has 0 aliphatic carbocycles. The van der Waals surface area contributed by atoms with Crippen molar-refractivity contribution in [3.63, 3.8) is 0 Å². The Labute approximate surface area is 130 Å². The van der Waals surface area contributed by atoms with Gasteiger partial charge in [0.2, 0.25) is 11.6 Å². The molecule has 0 unspecified atom stereocenters. The molecule has 0 aromatic heterocycles. The number of nitrogens with zero attached hydrogens (tertiary/aromatic N) is 1. The number of carbonyl (C=O) groups excluding carboxylic acids is 2. The van der Waals surface area contributed by atoms with E-state index in [0.717, 1.165) is 11.1 Å². The first-order chi connectivity index (χ1) is 10.4. The zero-order chi connectivity index (χ0) is 16.2. The summed E-state index contributed by atoms with van der Waals surface area (Å²) in [5, 5.41) is 8.94. The molecule has 0 aliphatic heterocycles. The lowest BCUT2D eigenvalue weighted by Gasteiger charge is -2.12. The average molecular weight is 291 g/mol. The monoisotopic (exact) mass is 291 g/mol. The Morgan fingerprint density at radius 2 is 1.50 bits per heavy atom. The maximum atomic E-state index is 12.1. The van der Waals surface area contributed by atoms with Gasteiger partial charge < -0.3 is 0 Å². The van der Waals surface area contributed by atoms with E-state index in [2.05, 4.69) is 0 Å². The normalized spacial score (nSPS) is 10.8. The van der Waals surface area contributed by atoms with Crippen LogP contribution >= 0.6 is 0 Å². The lowest BCUT2D eigenvalue weighted by atomic mass is 9.87. The number of carbonyl (C=O) groups is 2. The third-order valence-electron chi connectivity index (χ3n) is 3.41. The highest BCUT2D eigenvalue weighted by molar-refractivity contribution is 6.43. The Morgan fingerprint density at radius 1 is 0.955 bits per heavy atom. The van der Waals surface area contributed by atoms with E-state index < -0.39 is 17.0 Å². The van der Waals surface area contributed by atoms with E-state index in [1.165, 1.54) is 0 Å². The van der Waals surface area contributed by atoms with Crippen molar-refractivity contribution in [3.8, 4) is 17.2 Å². The molecule has 0 aliphatic rings. The summed E-state index contributed by atoms with van der Waals surface area (Å²) in [6, 6.07) is 18.8. The first-order valence-corrected chi connectivity index (χ1v) is 7.07. The fraction of sp³-hybridized carbons (Fsp3) is 0.211. The number of hydrogen-bond acceptors (Lipinski definition) is 3. The van der Waals surface area contributed by atoms with Gasteiger partial charge in [0, 0.05) is 12.0 Å². The third kappa shape index (κ3) is 3.67. The van der Waals surface area contributed by atoms with Crippen molar-refractivity contribution in [1.82, 2.24) is 0 Å². The lowest BCUT2D eigenvalue weighted by molar-refractivity contribution is -0.116. The minimum Gasteiger partial charge on any atom is -0.290 e. The van der Waals surface area contributed by atoms with Crippen LogP contribution in [-0.2, 0) is 4.79 Å². The van der Waals surface area contributed by atoms with Gasteiger partial charge in [0.15, 0.2) is 0 Å². The lowest BCUT2D eigenvalue weighted by Crippen LogP contribution is -2.22. The van der Waals surface area contributed by atoms with Gasteiger partial charge in [-0.2, -0.15) is 5.26 Å². The van der Waals surface area contributed by atoms with Gasteiger partial charge in [-0.05, 0) is 25.0 Å². The summed E-state index contributed by atoms with van der Waals surface area (Å²) in [5.74, 6) is -1.07. The van der Waals surface area contributed by atoms with Gasteiger partial charge in [-0.15, -0.1) is 0 Å². The van der Waals surface area contributed by atoms with Crippen LogP contribution in [0.25, 0.3) is 11.1 Å². The molecule has 0 atom stereocenters. The standard InChI is InChI=1S/C19H17NO2/c1-19(2,13-20)12-17(21)18(22)16-10-8-15(9-11-16)14-6-4-3-5-7-14/h3-11H,12H2,1-2H3. The van der Waals surface area contributed by atoms with Crippen LogP contribution in [0, 0.1) is 16.7 Å². The van der Waals surface area contributed by atoms with Crippen LogP contribution in [0.2, 0.25) is 0 Å². The summed E-state index contributed by atoms with van der Waals surface area (Å²) in [7, 11) is 0. The summed E-state index contributed by atoms with van der Waals surface area (Å²) in [6.07, 6.45) is -0.0667. The van der Waals surface area contributed by atoms with Crippen molar-refractivity contribution in [2.24, 2.45) is 5.41 Å². The molecule has 0 N–H and O–H groups in total. The number of hydrogen-bond donors (Lipinski definition) is 0. The Balaban J connectivity index is 2.16. The highest BCUT2D eigenvalue weighted by Crippen LogP contribution is 2.22. The molecule has 0 bridgehead atoms. The molecule has 0 heterocycles. The van der Waals surface area contributed by atoms with Gasteiger partial charge in [-0.1, -0.05) is 54.6 Å². The molecule has 0 amide bonds. The van der Waals surface area contributed by atoms with Crippen molar-refractivity contribution in [3.05, 3.63) is 60.2 Å². The molecule has 2 aromatic rings. The van der Waals surface area contributed by atoms with Crippen molar-refractivity contribution in [2.75, 3.05) is 0 Å². The third-order valence-corrected chi connectivity index (χ3v) is 3.41. The maximum absolute atomic E-state index is 12.1. The fourth-order valence-corrected chi connectivity index (χ4v) is 2.13. The molecule has 2 aromatic carbocycles. The Bertz CT molecular complexity index is 722. The first kappa shape index (κ1) is 15.7. The molecule has 0 fully saturated rings. The van der Waals surface area contributed by atoms with Gasteiger partial charge >= 0.3 is 0 Å². The van der Waals surface area contributed by atoms with Crippen LogP contribution in [0.15, 0.2) is 54.6 Å². The molecule has 0 spiro atoms. The van der Waals surface area contributed by atoms with Crippen molar-refractivity contribution >= 4 is 11.6 Å². The summed E-state index contributed by atoms with van der Waals surface area (Å²) in [6.45, 7) is 3.30. The smallest absolute Gasteiger partial charge is 0.228 e. The maximum Gasteiger partial charge on any atom is 0.228 e. The van der Waals surface area contributed by atoms with E-state index in [0.29, 0.717) is 5.56 Å². The predicted octanol–water partition coefficient (Wildman–Crippen LogP) is 4.05. The summed E-state index contributed by atoms with van der Waals surface area (Å²) >= 11 is 0. The SMILES string of the molecule is CC(C)(C#N)CC(=O)C(=O)c1ccc(-c2ccccc2)cc1. The molecule has 3 heteroatoms. The molecule has 0 saturated heterocycles. The quantitative estimate of drug-likeness (QED) is 0.617. The fourth-order valence-electron chi connectivity index (χ4n) is 2.13. The Kier molecular flexibility index (Phi) is 4.53. The molecule has 0 radical (unpaired) electrons. The molecule has 3 nitrogen and oxygen atoms in total. The number of rotatable bonds is 5. The van der Waals surface area contributed by atoms with Crippen LogP contribution in [0.1, 0.15) is 30.6 Å². The van der Waals surface area contributed by atoms with Gasteiger partial charge in [0.1, 0.15) is 0 Å². The second-order valence-corrected chi connectivity index (χ2v) is 5.87. The van der Waals surface area contributed by atoms with Gasteiger partial charge in [-0.25, -0.2) is 0 Å². The van der Waals surface area contributed by atoms with Crippen molar-refractivity contribution in [2.45, 2.75) is 20.3 Å². The molecule has 110 valence electrons. The summed E-state index contributed by atoms with van der Waals surface area (Å²) in [4.78, 5) is 24.1. The van der Waals surface area contributed by atoms with Gasteiger partial charge in [0.25, 0.3) is 0 Å². The minimum atomic E-state index is -0.823. The summed E-state index contributed by atoms with van der Waals surface area (Å²) in [5.41, 5.74) is 1.58. The second kappa shape index (κ2) is 6.36. The summed E-state index contributed by atoms with van der Waals surface area (Å²) < 4.78 is 0. The number of nitriles is 1. The van der Waals surface area contributed by atoms with Crippen LogP contribution in [0.5, 0.6) is 0 Å². The largest absolute Gasteiger partial charge is 0.290 e. The zero-order valence-electron chi connectivity index (χ0n) is 12.7. The van der Waals surface area contributed by atoms with Crippen molar-refractivity contribution in [1.29, 1.82) is 5.26 Å². The Hall–Kier alpha value is -2.73. The first-order valence-electron chi connectivity index (χ1n) is 7.07. The average Bonchev–Trinajstić information content (AvgIpc) is 2.55. The molecule has 0 saturated carbocycles. The van der Waals surface area contributed by atoms with Crippen LogP contribution in [0.4, 0.5) is 0 Å². The second-order valence-electron chi connectivity index (χ2n) is 5.87. The Morgan fingerprint density at radius 3 is 2.05 bits per heavy atom. The van der Waals surface area contributed by atoms with E-state index in [1.807, 2.05) is 48.5 Å². The number of Topliss-reactive ketones (excluding diaryl/α,β-unsaturated/α-hetero) is 2. The molecular weight excluding hydrogens is 274 g/mol. The highest BCUT2D eigenvalue weighted by atomic mass is 16.2. The number of ketones is 2. The van der Waals surface area contributed by atoms with E-state index >= 15 is 0 Å². The zero-order valence-corrected chi connectivity index (χ0v) is 12.7. The minimum absolute atomic E-state index is 0.0667. The predicted molar refractivity (Wildman–Crippen MR) is 85.2 cm³/mol. The van der Waals surface area contributed by atoms with Gasteiger partial charge in [0.05, 0.1) is 11.5 Å². The van der Waals surface area contributed by atoms with Gasteiger partial charge in [-0.3, -0.25) is 9.59 Å². The molecule has 22 heavy (non-hydrogen) atoms.